The number of rotatable bonds is 3. The number of hydrogen-bond donors (Lipinski definition) is 1. The lowest BCUT2D eigenvalue weighted by Gasteiger charge is -2.22. The molecule has 18 heavy (non-hydrogen) atoms. The Labute approximate surface area is 105 Å². The molecule has 0 amide bonds. The van der Waals surface area contributed by atoms with E-state index in [0.717, 1.165) is 18.9 Å². The molecule has 1 nitrogen and oxygen atoms in total. The Hall–Kier alpha value is -1.29. The molecule has 98 valence electrons. The molecule has 1 unspecified atom stereocenters. The summed E-state index contributed by atoms with van der Waals surface area (Å²) in [5, 5.41) is 3.25. The van der Waals surface area contributed by atoms with Crippen molar-refractivity contribution in [2.75, 3.05) is 0 Å². The van der Waals surface area contributed by atoms with Gasteiger partial charge in [0.1, 0.15) is 0 Å². The van der Waals surface area contributed by atoms with Crippen LogP contribution in [0.5, 0.6) is 0 Å². The summed E-state index contributed by atoms with van der Waals surface area (Å²) >= 11 is 0. The predicted molar refractivity (Wildman–Crippen MR) is 65.2 cm³/mol. The molecule has 1 aliphatic rings. The Morgan fingerprint density at radius 3 is 2.39 bits per heavy atom. The van der Waals surface area contributed by atoms with Gasteiger partial charge in [0.25, 0.3) is 0 Å². The van der Waals surface area contributed by atoms with Crippen LogP contribution in [0.3, 0.4) is 0 Å². The fraction of sp³-hybridized carbons (Fsp3) is 0.429. The van der Waals surface area contributed by atoms with E-state index in [-0.39, 0.29) is 12.1 Å². The zero-order valence-electron chi connectivity index (χ0n) is 10.2. The van der Waals surface area contributed by atoms with E-state index in [0.29, 0.717) is 5.56 Å². The van der Waals surface area contributed by atoms with Crippen molar-refractivity contribution < 1.29 is 13.2 Å². The summed E-state index contributed by atoms with van der Waals surface area (Å²) in [6.07, 6.45) is 1.59. The zero-order chi connectivity index (χ0) is 13.2. The smallest absolute Gasteiger partial charge is 0.307 e. The molecule has 1 N–H and O–H groups in total. The van der Waals surface area contributed by atoms with Crippen LogP contribution in [-0.4, -0.2) is 6.04 Å². The normalized spacial score (nSPS) is 18.2. The quantitative estimate of drug-likeness (QED) is 0.803. The standard InChI is InChI=1S/C14H16F3N/c1-10(18-11-6-2-3-7-11)12-8-4-5-9-13(12)14(15,16)17/h2-5,8-11,18H,6-7H2,1H3. The van der Waals surface area contributed by atoms with E-state index in [4.69, 9.17) is 0 Å². The van der Waals surface area contributed by atoms with Gasteiger partial charge in [0.05, 0.1) is 5.56 Å². The third-order valence-corrected chi connectivity index (χ3v) is 3.23. The molecule has 0 aliphatic heterocycles. The molecule has 0 spiro atoms. The summed E-state index contributed by atoms with van der Waals surface area (Å²) in [6.45, 7) is 1.78. The minimum absolute atomic E-state index is 0.251. The van der Waals surface area contributed by atoms with Crippen LogP contribution in [0.1, 0.15) is 36.9 Å². The zero-order valence-corrected chi connectivity index (χ0v) is 10.2. The van der Waals surface area contributed by atoms with Gasteiger partial charge in [0.15, 0.2) is 0 Å². The van der Waals surface area contributed by atoms with E-state index in [1.165, 1.54) is 6.07 Å². The van der Waals surface area contributed by atoms with Crippen LogP contribution in [0.15, 0.2) is 36.4 Å². The molecule has 0 saturated carbocycles. The number of nitrogens with one attached hydrogen (secondary N) is 1. The molecular formula is C14H16F3N. The minimum Gasteiger partial charge on any atom is -0.307 e. The average Bonchev–Trinajstić information content (AvgIpc) is 2.80. The van der Waals surface area contributed by atoms with Crippen molar-refractivity contribution in [2.24, 2.45) is 0 Å². The topological polar surface area (TPSA) is 12.0 Å². The van der Waals surface area contributed by atoms with Gasteiger partial charge in [-0.25, -0.2) is 0 Å². The van der Waals surface area contributed by atoms with Gasteiger partial charge < -0.3 is 5.32 Å². The van der Waals surface area contributed by atoms with Gasteiger partial charge in [-0.2, -0.15) is 13.2 Å². The Morgan fingerprint density at radius 1 is 1.17 bits per heavy atom. The van der Waals surface area contributed by atoms with Crippen molar-refractivity contribution in [1.82, 2.24) is 5.32 Å². The van der Waals surface area contributed by atoms with Crippen LogP contribution in [-0.2, 0) is 6.18 Å². The molecule has 0 aromatic heterocycles. The molecule has 2 rings (SSSR count). The van der Waals surface area contributed by atoms with Crippen LogP contribution in [0, 0.1) is 0 Å². The lowest BCUT2D eigenvalue weighted by molar-refractivity contribution is -0.138. The minimum atomic E-state index is -4.29. The first-order chi connectivity index (χ1) is 8.48. The summed E-state index contributed by atoms with van der Waals surface area (Å²) in [5.41, 5.74) is -0.229. The van der Waals surface area contributed by atoms with E-state index >= 15 is 0 Å². The van der Waals surface area contributed by atoms with Crippen LogP contribution in [0.25, 0.3) is 0 Å². The maximum absolute atomic E-state index is 12.9. The average molecular weight is 255 g/mol. The van der Waals surface area contributed by atoms with Crippen LogP contribution in [0.2, 0.25) is 0 Å². The highest BCUT2D eigenvalue weighted by Gasteiger charge is 2.34. The predicted octanol–water partition coefficient (Wildman–Crippen LogP) is 4.07. The largest absolute Gasteiger partial charge is 0.416 e. The molecule has 1 aromatic carbocycles. The first kappa shape index (κ1) is 13.1. The third kappa shape index (κ3) is 2.93. The maximum atomic E-state index is 12.9. The number of benzene rings is 1. The molecule has 1 atom stereocenters. The second-order valence-corrected chi connectivity index (χ2v) is 4.61. The van der Waals surface area contributed by atoms with Gasteiger partial charge in [0, 0.05) is 12.1 Å². The van der Waals surface area contributed by atoms with Crippen molar-refractivity contribution >= 4 is 0 Å². The SMILES string of the molecule is CC(NC1CC=CC1)c1ccccc1C(F)(F)F. The fourth-order valence-corrected chi connectivity index (χ4v) is 2.33. The summed E-state index contributed by atoms with van der Waals surface area (Å²) in [6, 6.07) is 5.71. The molecular weight excluding hydrogens is 239 g/mol. The van der Waals surface area contributed by atoms with Crippen LogP contribution in [0.4, 0.5) is 13.2 Å². The summed E-state index contributed by atoms with van der Waals surface area (Å²) in [5.74, 6) is 0. The van der Waals surface area contributed by atoms with Gasteiger partial charge in [-0.05, 0) is 31.4 Å². The van der Waals surface area contributed by atoms with E-state index < -0.39 is 11.7 Å². The van der Waals surface area contributed by atoms with E-state index in [1.54, 1.807) is 19.1 Å². The van der Waals surface area contributed by atoms with Gasteiger partial charge >= 0.3 is 6.18 Å². The third-order valence-electron chi connectivity index (χ3n) is 3.23. The number of halogens is 3. The molecule has 1 aromatic rings. The lowest BCUT2D eigenvalue weighted by atomic mass is 10.00. The first-order valence-corrected chi connectivity index (χ1v) is 6.05. The van der Waals surface area contributed by atoms with E-state index in [2.05, 4.69) is 17.5 Å². The van der Waals surface area contributed by atoms with Gasteiger partial charge in [0.2, 0.25) is 0 Å². The molecule has 0 bridgehead atoms. The van der Waals surface area contributed by atoms with Crippen molar-refractivity contribution in [3.05, 3.63) is 47.5 Å². The second kappa shape index (κ2) is 5.14. The summed E-state index contributed by atoms with van der Waals surface area (Å²) < 4.78 is 38.6. The van der Waals surface area contributed by atoms with Gasteiger partial charge in [-0.3, -0.25) is 0 Å². The summed E-state index contributed by atoms with van der Waals surface area (Å²) in [4.78, 5) is 0. The Bertz CT molecular complexity index is 429. The fourth-order valence-electron chi connectivity index (χ4n) is 2.33. The molecule has 4 heteroatoms. The first-order valence-electron chi connectivity index (χ1n) is 6.05. The van der Waals surface area contributed by atoms with Crippen molar-refractivity contribution in [3.8, 4) is 0 Å². The van der Waals surface area contributed by atoms with Crippen molar-refractivity contribution in [2.45, 2.75) is 38.0 Å². The van der Waals surface area contributed by atoms with Gasteiger partial charge in [-0.15, -0.1) is 0 Å². The Kier molecular flexibility index (Phi) is 3.76. The lowest BCUT2D eigenvalue weighted by Crippen LogP contribution is -2.30. The summed E-state index contributed by atoms with van der Waals surface area (Å²) in [7, 11) is 0. The van der Waals surface area contributed by atoms with Crippen molar-refractivity contribution in [3.63, 3.8) is 0 Å². The Morgan fingerprint density at radius 2 is 1.78 bits per heavy atom. The molecule has 0 fully saturated rings. The maximum Gasteiger partial charge on any atom is 0.416 e. The highest BCUT2D eigenvalue weighted by Crippen LogP contribution is 2.34. The van der Waals surface area contributed by atoms with E-state index in [1.807, 2.05) is 0 Å². The molecule has 0 radical (unpaired) electrons. The van der Waals surface area contributed by atoms with Crippen molar-refractivity contribution in [1.29, 1.82) is 0 Å². The highest BCUT2D eigenvalue weighted by molar-refractivity contribution is 5.32. The van der Waals surface area contributed by atoms with Gasteiger partial charge in [-0.1, -0.05) is 30.4 Å². The number of alkyl halides is 3. The Balaban J connectivity index is 2.16. The molecule has 0 saturated heterocycles. The number of hydrogen-bond acceptors (Lipinski definition) is 1. The highest BCUT2D eigenvalue weighted by atomic mass is 19.4. The second-order valence-electron chi connectivity index (χ2n) is 4.61. The van der Waals surface area contributed by atoms with E-state index in [9.17, 15) is 13.2 Å². The molecule has 0 heterocycles. The van der Waals surface area contributed by atoms with Crippen LogP contribution < -0.4 is 5.32 Å². The van der Waals surface area contributed by atoms with Crippen LogP contribution >= 0.6 is 0 Å². The monoisotopic (exact) mass is 255 g/mol. The molecule has 1 aliphatic carbocycles.